The number of hydrogen-bond donors (Lipinski definition) is 0. The van der Waals surface area contributed by atoms with Gasteiger partial charge in [-0.1, -0.05) is 6.42 Å². The maximum Gasteiger partial charge on any atom is 0.258 e. The first kappa shape index (κ1) is 17.0. The van der Waals surface area contributed by atoms with Gasteiger partial charge in [0.15, 0.2) is 0 Å². The zero-order valence-corrected chi connectivity index (χ0v) is 15.4. The third kappa shape index (κ3) is 3.07. The molecule has 7 nitrogen and oxygen atoms in total. The fourth-order valence-corrected chi connectivity index (χ4v) is 3.96. The normalized spacial score (nSPS) is 17.4. The number of hydrogen-bond acceptors (Lipinski definition) is 5. The smallest absolute Gasteiger partial charge is 0.258 e. The fraction of sp³-hybridized carbons (Fsp3) is 0.526. The summed E-state index contributed by atoms with van der Waals surface area (Å²) in [7, 11) is 3.53. The summed E-state index contributed by atoms with van der Waals surface area (Å²) in [6.07, 6.45) is 7.07. The third-order valence-corrected chi connectivity index (χ3v) is 5.39. The largest absolute Gasteiger partial charge is 0.494 e. The number of aryl methyl sites for hydroxylation is 1. The van der Waals surface area contributed by atoms with Crippen molar-refractivity contribution in [2.45, 2.75) is 38.9 Å². The van der Waals surface area contributed by atoms with Crippen molar-refractivity contribution >= 4 is 5.91 Å². The first-order valence-electron chi connectivity index (χ1n) is 9.20. The van der Waals surface area contributed by atoms with Crippen LogP contribution < -0.4 is 4.74 Å². The lowest BCUT2D eigenvalue weighted by molar-refractivity contribution is 0.0744. The summed E-state index contributed by atoms with van der Waals surface area (Å²) in [5, 5.41) is 4.73. The van der Waals surface area contributed by atoms with Gasteiger partial charge in [-0.15, -0.1) is 0 Å². The molecule has 4 heterocycles. The highest BCUT2D eigenvalue weighted by atomic mass is 16.5. The first-order valence-corrected chi connectivity index (χ1v) is 9.20. The molecule has 0 spiro atoms. The maximum atomic E-state index is 13.0. The van der Waals surface area contributed by atoms with Gasteiger partial charge in [-0.3, -0.25) is 19.4 Å². The average Bonchev–Trinajstić information content (AvgIpc) is 3.23. The molecular weight excluding hydrogens is 330 g/mol. The van der Waals surface area contributed by atoms with Crippen LogP contribution in [0.2, 0.25) is 0 Å². The highest BCUT2D eigenvalue weighted by Gasteiger charge is 2.31. The van der Waals surface area contributed by atoms with E-state index in [1.807, 2.05) is 16.6 Å². The topological polar surface area (TPSA) is 63.5 Å². The van der Waals surface area contributed by atoms with Gasteiger partial charge in [0.2, 0.25) is 0 Å². The van der Waals surface area contributed by atoms with E-state index in [9.17, 15) is 4.79 Å². The number of piperidine rings is 1. The Balaban J connectivity index is 1.53. The Bertz CT molecular complexity index is 810. The molecule has 0 N–H and O–H groups in total. The van der Waals surface area contributed by atoms with Crippen LogP contribution in [0.15, 0.2) is 18.5 Å². The number of carbonyl (C=O) groups excluding carboxylic acids is 1. The number of amides is 1. The van der Waals surface area contributed by atoms with Gasteiger partial charge in [-0.25, -0.2) is 0 Å². The van der Waals surface area contributed by atoms with Crippen molar-refractivity contribution < 1.29 is 9.53 Å². The van der Waals surface area contributed by atoms with Crippen LogP contribution in [0.25, 0.3) is 0 Å². The Hall–Kier alpha value is -2.41. The number of fused-ring (bicyclic) bond motifs is 1. The minimum Gasteiger partial charge on any atom is -0.494 e. The van der Waals surface area contributed by atoms with Gasteiger partial charge in [-0.05, 0) is 32.0 Å². The van der Waals surface area contributed by atoms with E-state index in [0.29, 0.717) is 24.4 Å². The van der Waals surface area contributed by atoms with Crippen LogP contribution in [0.5, 0.6) is 5.75 Å². The van der Waals surface area contributed by atoms with E-state index in [-0.39, 0.29) is 5.91 Å². The molecule has 0 radical (unpaired) electrons. The first-order chi connectivity index (χ1) is 12.7. The minimum atomic E-state index is -0.0237. The monoisotopic (exact) mass is 355 g/mol. The van der Waals surface area contributed by atoms with E-state index in [1.54, 1.807) is 25.6 Å². The van der Waals surface area contributed by atoms with Gasteiger partial charge in [-0.2, -0.15) is 5.10 Å². The quantitative estimate of drug-likeness (QED) is 0.839. The van der Waals surface area contributed by atoms with Gasteiger partial charge < -0.3 is 9.64 Å². The van der Waals surface area contributed by atoms with Crippen molar-refractivity contribution in [1.82, 2.24) is 24.6 Å². The number of nitrogens with zero attached hydrogens (tertiary/aromatic N) is 5. The van der Waals surface area contributed by atoms with E-state index >= 15 is 0 Å². The molecule has 2 aromatic heterocycles. The van der Waals surface area contributed by atoms with Crippen molar-refractivity contribution in [1.29, 1.82) is 0 Å². The van der Waals surface area contributed by atoms with Crippen molar-refractivity contribution in [3.05, 3.63) is 41.0 Å². The van der Waals surface area contributed by atoms with E-state index < -0.39 is 0 Å². The van der Waals surface area contributed by atoms with Crippen molar-refractivity contribution in [3.63, 3.8) is 0 Å². The van der Waals surface area contributed by atoms with Crippen LogP contribution in [0.4, 0.5) is 0 Å². The van der Waals surface area contributed by atoms with Crippen molar-refractivity contribution in [2.24, 2.45) is 7.05 Å². The van der Waals surface area contributed by atoms with Crippen molar-refractivity contribution in [3.8, 4) is 5.75 Å². The van der Waals surface area contributed by atoms with E-state index in [2.05, 4.69) is 9.88 Å². The molecule has 1 amide bonds. The summed E-state index contributed by atoms with van der Waals surface area (Å²) < 4.78 is 7.23. The second-order valence-electron chi connectivity index (χ2n) is 7.07. The fourth-order valence-electron chi connectivity index (χ4n) is 3.96. The molecular formula is C19H25N5O2. The van der Waals surface area contributed by atoms with Gasteiger partial charge in [0.05, 0.1) is 43.3 Å². The molecule has 0 aliphatic carbocycles. The number of pyridine rings is 1. The average molecular weight is 355 g/mol. The Morgan fingerprint density at radius 3 is 2.81 bits per heavy atom. The number of likely N-dealkylation sites (tertiary alicyclic amines) is 1. The molecule has 0 saturated carbocycles. The molecule has 138 valence electrons. The lowest BCUT2D eigenvalue weighted by atomic mass is 10.1. The zero-order chi connectivity index (χ0) is 18.1. The summed E-state index contributed by atoms with van der Waals surface area (Å²) in [5.74, 6) is 0.490. The second-order valence-corrected chi connectivity index (χ2v) is 7.07. The molecule has 1 saturated heterocycles. The zero-order valence-electron chi connectivity index (χ0n) is 15.4. The van der Waals surface area contributed by atoms with Gasteiger partial charge in [0, 0.05) is 25.4 Å². The lowest BCUT2D eigenvalue weighted by Crippen LogP contribution is -2.30. The molecule has 0 unspecified atom stereocenters. The number of rotatable bonds is 4. The summed E-state index contributed by atoms with van der Waals surface area (Å²) in [6.45, 7) is 4.36. The molecule has 0 bridgehead atoms. The molecule has 0 atom stereocenters. The summed E-state index contributed by atoms with van der Waals surface area (Å²) in [5.41, 5.74) is 4.01. The van der Waals surface area contributed by atoms with Gasteiger partial charge in [0.1, 0.15) is 5.75 Å². The highest BCUT2D eigenvalue weighted by Crippen LogP contribution is 2.29. The van der Waals surface area contributed by atoms with Crippen LogP contribution in [0.3, 0.4) is 0 Å². The molecule has 0 aromatic carbocycles. The van der Waals surface area contributed by atoms with Crippen molar-refractivity contribution in [2.75, 3.05) is 20.2 Å². The number of aromatic nitrogens is 3. The highest BCUT2D eigenvalue weighted by molar-refractivity contribution is 5.97. The molecule has 1 fully saturated rings. The Labute approximate surface area is 153 Å². The van der Waals surface area contributed by atoms with Crippen LogP contribution in [0.1, 0.15) is 46.6 Å². The van der Waals surface area contributed by atoms with Crippen LogP contribution in [-0.4, -0.2) is 50.7 Å². The van der Waals surface area contributed by atoms with Gasteiger partial charge in [0.25, 0.3) is 5.91 Å². The summed E-state index contributed by atoms with van der Waals surface area (Å²) in [4.78, 5) is 21.4. The Kier molecular flexibility index (Phi) is 4.63. The van der Waals surface area contributed by atoms with E-state index in [1.165, 1.54) is 24.8 Å². The SMILES string of the molecule is COc1cnccc1C(=O)N1Cc2c(CN3CCCCC3)nn(C)c2C1. The molecule has 7 heteroatoms. The van der Waals surface area contributed by atoms with Crippen LogP contribution in [0, 0.1) is 0 Å². The second kappa shape index (κ2) is 7.07. The number of carbonyl (C=O) groups is 1. The molecule has 2 aliphatic rings. The molecule has 4 rings (SSSR count). The Morgan fingerprint density at radius 2 is 2.04 bits per heavy atom. The number of methoxy groups -OCH3 is 1. The molecule has 26 heavy (non-hydrogen) atoms. The van der Waals surface area contributed by atoms with Gasteiger partial charge >= 0.3 is 0 Å². The molecule has 2 aliphatic heterocycles. The van der Waals surface area contributed by atoms with Crippen LogP contribution in [-0.2, 0) is 26.7 Å². The minimum absolute atomic E-state index is 0.0237. The third-order valence-electron chi connectivity index (χ3n) is 5.39. The predicted octanol–water partition coefficient (Wildman–Crippen LogP) is 1.97. The Morgan fingerprint density at radius 1 is 1.23 bits per heavy atom. The van der Waals surface area contributed by atoms with E-state index in [0.717, 1.165) is 31.0 Å². The van der Waals surface area contributed by atoms with E-state index in [4.69, 9.17) is 9.84 Å². The standard InChI is InChI=1S/C19H25N5O2/c1-22-17-13-24(19(25)14-6-7-20-10-18(14)26-2)11-15(17)16(21-22)12-23-8-4-3-5-9-23/h6-7,10H,3-5,8-9,11-13H2,1-2H3. The number of ether oxygens (including phenoxy) is 1. The molecule has 2 aromatic rings. The van der Waals surface area contributed by atoms with Crippen LogP contribution >= 0.6 is 0 Å². The lowest BCUT2D eigenvalue weighted by Gasteiger charge is -2.26. The maximum absolute atomic E-state index is 13.0. The summed E-state index contributed by atoms with van der Waals surface area (Å²) in [6, 6.07) is 1.72. The summed E-state index contributed by atoms with van der Waals surface area (Å²) >= 11 is 0. The predicted molar refractivity (Wildman–Crippen MR) is 96.7 cm³/mol.